The third-order valence-corrected chi connectivity index (χ3v) is 3.95. The number of anilines is 1. The Balaban J connectivity index is 1.84. The molecule has 1 N–H and O–H groups in total. The van der Waals surface area contributed by atoms with Crippen molar-refractivity contribution in [3.8, 4) is 5.75 Å². The van der Waals surface area contributed by atoms with Gasteiger partial charge in [-0.15, -0.1) is 0 Å². The van der Waals surface area contributed by atoms with Crippen molar-refractivity contribution >= 4 is 17.2 Å². The van der Waals surface area contributed by atoms with Gasteiger partial charge in [-0.05, 0) is 63.6 Å². The Morgan fingerprint density at radius 1 is 1.04 bits per heavy atom. The molecule has 0 amide bonds. The summed E-state index contributed by atoms with van der Waals surface area (Å²) in [7, 11) is 0. The van der Waals surface area contributed by atoms with Crippen molar-refractivity contribution in [3.05, 3.63) is 65.2 Å². The number of fused-ring (bicyclic) bond motifs is 1. The van der Waals surface area contributed by atoms with Gasteiger partial charge in [0.05, 0.1) is 11.1 Å². The Morgan fingerprint density at radius 2 is 1.74 bits per heavy atom. The molecule has 0 saturated heterocycles. The molecule has 2 aromatic carbocycles. The summed E-state index contributed by atoms with van der Waals surface area (Å²) >= 11 is 0. The van der Waals surface area contributed by atoms with E-state index in [4.69, 9.17) is 4.74 Å². The molecule has 3 heteroatoms. The fourth-order valence-corrected chi connectivity index (χ4v) is 2.88. The summed E-state index contributed by atoms with van der Waals surface area (Å²) in [6.07, 6.45) is 2.18. The smallest absolute Gasteiger partial charge is 0.343 e. The van der Waals surface area contributed by atoms with Gasteiger partial charge in [-0.3, -0.25) is 0 Å². The van der Waals surface area contributed by atoms with Crippen molar-refractivity contribution < 1.29 is 9.53 Å². The van der Waals surface area contributed by atoms with Crippen molar-refractivity contribution in [1.29, 1.82) is 0 Å². The highest BCUT2D eigenvalue weighted by molar-refractivity contribution is 5.91. The van der Waals surface area contributed by atoms with E-state index < -0.39 is 0 Å². The minimum Gasteiger partial charge on any atom is -0.423 e. The minimum atomic E-state index is -0.337. The molecular formula is C20H21NO2. The molecule has 3 rings (SSSR count). The monoisotopic (exact) mass is 307 g/mol. The quantitative estimate of drug-likeness (QED) is 0.638. The standard InChI is InChI=1S/C20H21NO2/c1-13-5-7-15(8-6-13)19(22)23-16-9-10-18-17(11-16)14(2)12-20(3,4)21-18/h5-12,21H,1-4H3. The van der Waals surface area contributed by atoms with Crippen molar-refractivity contribution in [1.82, 2.24) is 0 Å². The summed E-state index contributed by atoms with van der Waals surface area (Å²) in [4.78, 5) is 12.2. The molecule has 118 valence electrons. The first-order valence-corrected chi connectivity index (χ1v) is 7.75. The molecule has 0 bridgehead atoms. The molecule has 1 heterocycles. The van der Waals surface area contributed by atoms with Crippen LogP contribution in [0, 0.1) is 6.92 Å². The predicted octanol–water partition coefficient (Wildman–Crippen LogP) is 4.82. The molecule has 0 atom stereocenters. The lowest BCUT2D eigenvalue weighted by atomic mass is 9.91. The summed E-state index contributed by atoms with van der Waals surface area (Å²) in [6.45, 7) is 8.32. The van der Waals surface area contributed by atoms with E-state index in [0.717, 1.165) is 16.8 Å². The molecule has 23 heavy (non-hydrogen) atoms. The highest BCUT2D eigenvalue weighted by Crippen LogP contribution is 2.35. The molecule has 0 aromatic heterocycles. The van der Waals surface area contributed by atoms with Gasteiger partial charge in [0.15, 0.2) is 0 Å². The van der Waals surface area contributed by atoms with Gasteiger partial charge < -0.3 is 10.1 Å². The van der Waals surface area contributed by atoms with Gasteiger partial charge in [-0.25, -0.2) is 4.79 Å². The zero-order valence-corrected chi connectivity index (χ0v) is 13.9. The number of rotatable bonds is 2. The van der Waals surface area contributed by atoms with Gasteiger partial charge in [-0.1, -0.05) is 23.8 Å². The van der Waals surface area contributed by atoms with E-state index in [-0.39, 0.29) is 11.5 Å². The normalized spacial score (nSPS) is 15.2. The van der Waals surface area contributed by atoms with Crippen LogP contribution in [0.1, 0.15) is 42.3 Å². The van der Waals surface area contributed by atoms with Crippen LogP contribution in [0.2, 0.25) is 0 Å². The molecule has 0 aliphatic carbocycles. The van der Waals surface area contributed by atoms with Crippen molar-refractivity contribution in [2.45, 2.75) is 33.2 Å². The second-order valence-corrected chi connectivity index (χ2v) is 6.64. The average molecular weight is 307 g/mol. The second kappa shape index (κ2) is 5.58. The number of hydrogen-bond donors (Lipinski definition) is 1. The van der Waals surface area contributed by atoms with Crippen LogP contribution < -0.4 is 10.1 Å². The molecule has 1 aliphatic heterocycles. The zero-order valence-electron chi connectivity index (χ0n) is 13.9. The summed E-state index contributed by atoms with van der Waals surface area (Å²) < 4.78 is 5.51. The highest BCUT2D eigenvalue weighted by atomic mass is 16.5. The van der Waals surface area contributed by atoms with Gasteiger partial charge in [-0.2, -0.15) is 0 Å². The first kappa shape index (κ1) is 15.3. The largest absolute Gasteiger partial charge is 0.423 e. The van der Waals surface area contributed by atoms with Crippen molar-refractivity contribution in [2.75, 3.05) is 5.32 Å². The Labute approximate surface area is 137 Å². The van der Waals surface area contributed by atoms with Gasteiger partial charge in [0, 0.05) is 11.3 Å². The molecule has 0 fully saturated rings. The topological polar surface area (TPSA) is 38.3 Å². The summed E-state index contributed by atoms with van der Waals surface area (Å²) in [5.74, 6) is 0.222. The maximum Gasteiger partial charge on any atom is 0.343 e. The number of benzene rings is 2. The SMILES string of the molecule is CC1=CC(C)(C)Nc2ccc(OC(=O)c3ccc(C)cc3)cc21. The lowest BCUT2D eigenvalue weighted by molar-refractivity contribution is 0.0734. The van der Waals surface area contributed by atoms with E-state index in [0.29, 0.717) is 11.3 Å². The second-order valence-electron chi connectivity index (χ2n) is 6.64. The van der Waals surface area contributed by atoms with Crippen LogP contribution in [0.15, 0.2) is 48.5 Å². The first-order chi connectivity index (χ1) is 10.8. The average Bonchev–Trinajstić information content (AvgIpc) is 2.47. The molecule has 1 aliphatic rings. The number of ether oxygens (including phenoxy) is 1. The van der Waals surface area contributed by atoms with E-state index in [1.54, 1.807) is 12.1 Å². The third kappa shape index (κ3) is 3.29. The Hall–Kier alpha value is -2.55. The minimum absolute atomic E-state index is 0.0722. The summed E-state index contributed by atoms with van der Waals surface area (Å²) in [5.41, 5.74) is 4.90. The Kier molecular flexibility index (Phi) is 3.72. The van der Waals surface area contributed by atoms with Gasteiger partial charge >= 0.3 is 5.97 Å². The van der Waals surface area contributed by atoms with Gasteiger partial charge in [0.1, 0.15) is 5.75 Å². The molecule has 0 saturated carbocycles. The highest BCUT2D eigenvalue weighted by Gasteiger charge is 2.23. The molecule has 3 nitrogen and oxygen atoms in total. The van der Waals surface area contributed by atoms with E-state index in [9.17, 15) is 4.79 Å². The van der Waals surface area contributed by atoms with Crippen LogP contribution in [-0.2, 0) is 0 Å². The number of allylic oxidation sites excluding steroid dienone is 1. The molecule has 0 unspecified atom stereocenters. The lowest BCUT2D eigenvalue weighted by Gasteiger charge is -2.31. The molecule has 0 radical (unpaired) electrons. The number of esters is 1. The van der Waals surface area contributed by atoms with Crippen LogP contribution in [0.5, 0.6) is 5.75 Å². The first-order valence-electron chi connectivity index (χ1n) is 7.75. The lowest BCUT2D eigenvalue weighted by Crippen LogP contribution is -2.31. The van der Waals surface area contributed by atoms with Crippen molar-refractivity contribution in [3.63, 3.8) is 0 Å². The fourth-order valence-electron chi connectivity index (χ4n) is 2.88. The van der Waals surface area contributed by atoms with Gasteiger partial charge in [0.25, 0.3) is 0 Å². The van der Waals surface area contributed by atoms with E-state index >= 15 is 0 Å². The van der Waals surface area contributed by atoms with Crippen LogP contribution in [-0.4, -0.2) is 11.5 Å². The maximum atomic E-state index is 12.2. The van der Waals surface area contributed by atoms with Crippen LogP contribution in [0.4, 0.5) is 5.69 Å². The fraction of sp³-hybridized carbons (Fsp3) is 0.250. The van der Waals surface area contributed by atoms with Crippen LogP contribution >= 0.6 is 0 Å². The molecule has 0 spiro atoms. The summed E-state index contributed by atoms with van der Waals surface area (Å²) in [6, 6.07) is 13.1. The van der Waals surface area contributed by atoms with Crippen molar-refractivity contribution in [2.24, 2.45) is 0 Å². The predicted molar refractivity (Wildman–Crippen MR) is 93.9 cm³/mol. The zero-order chi connectivity index (χ0) is 16.6. The van der Waals surface area contributed by atoms with Crippen LogP contribution in [0.25, 0.3) is 5.57 Å². The number of hydrogen-bond acceptors (Lipinski definition) is 3. The number of carbonyl (C=O) groups excluding carboxylic acids is 1. The van der Waals surface area contributed by atoms with E-state index in [1.165, 1.54) is 5.57 Å². The third-order valence-electron chi connectivity index (χ3n) is 3.95. The Morgan fingerprint density at radius 3 is 2.43 bits per heavy atom. The van der Waals surface area contributed by atoms with E-state index in [2.05, 4.69) is 32.2 Å². The Bertz CT molecular complexity index is 786. The number of aryl methyl sites for hydroxylation is 1. The maximum absolute atomic E-state index is 12.2. The van der Waals surface area contributed by atoms with E-state index in [1.807, 2.05) is 37.3 Å². The van der Waals surface area contributed by atoms with Gasteiger partial charge in [0.2, 0.25) is 0 Å². The summed E-state index contributed by atoms with van der Waals surface area (Å²) in [5, 5.41) is 3.47. The number of nitrogens with one attached hydrogen (secondary N) is 1. The molecular weight excluding hydrogens is 286 g/mol. The molecule has 2 aromatic rings. The van der Waals surface area contributed by atoms with Crippen LogP contribution in [0.3, 0.4) is 0 Å². The number of carbonyl (C=O) groups is 1.